The van der Waals surface area contributed by atoms with Gasteiger partial charge in [0, 0.05) is 10.7 Å². The van der Waals surface area contributed by atoms with Crippen molar-refractivity contribution in [3.05, 3.63) is 46.1 Å². The second-order valence-electron chi connectivity index (χ2n) is 4.32. The maximum atomic E-state index is 11.9. The first-order valence-electron chi connectivity index (χ1n) is 6.38. The van der Waals surface area contributed by atoms with E-state index in [2.05, 4.69) is 20.9 Å². The molecule has 0 fully saturated rings. The van der Waals surface area contributed by atoms with E-state index in [0.717, 1.165) is 10.0 Å². The molecule has 0 radical (unpaired) electrons. The van der Waals surface area contributed by atoms with Crippen LogP contribution in [0.2, 0.25) is 0 Å². The zero-order chi connectivity index (χ0) is 15.4. The summed E-state index contributed by atoms with van der Waals surface area (Å²) in [7, 11) is 0. The predicted molar refractivity (Wildman–Crippen MR) is 83.6 cm³/mol. The molecule has 0 aliphatic rings. The fourth-order valence-electron chi connectivity index (χ4n) is 1.83. The van der Waals surface area contributed by atoms with Crippen LogP contribution in [0.5, 0.6) is 11.6 Å². The average Bonchev–Trinajstić information content (AvgIpc) is 2.43. The number of nitrogens with two attached hydrogens (primary N) is 1. The van der Waals surface area contributed by atoms with Gasteiger partial charge >= 0.3 is 5.97 Å². The lowest BCUT2D eigenvalue weighted by molar-refractivity contribution is 0.0522. The Balaban J connectivity index is 2.39. The highest BCUT2D eigenvalue weighted by molar-refractivity contribution is 9.10. The van der Waals surface area contributed by atoms with Gasteiger partial charge in [-0.2, -0.15) is 0 Å². The Morgan fingerprint density at radius 1 is 1.43 bits per heavy atom. The molecule has 0 atom stereocenters. The second-order valence-corrected chi connectivity index (χ2v) is 5.24. The van der Waals surface area contributed by atoms with Gasteiger partial charge in [-0.1, -0.05) is 15.9 Å². The van der Waals surface area contributed by atoms with Crippen LogP contribution in [-0.2, 0) is 4.74 Å². The quantitative estimate of drug-likeness (QED) is 0.672. The molecule has 21 heavy (non-hydrogen) atoms. The molecule has 0 unspecified atom stereocenters. The number of hydrogen-bond acceptors (Lipinski definition) is 5. The fraction of sp³-hybridized carbons (Fsp3) is 0.200. The molecule has 1 heterocycles. The monoisotopic (exact) mass is 350 g/mol. The SMILES string of the molecule is CCOC(=O)c1cccnc1Oc1c(C)cc(Br)cc1N. The smallest absolute Gasteiger partial charge is 0.343 e. The third-order valence-corrected chi connectivity index (χ3v) is 3.19. The van der Waals surface area contributed by atoms with E-state index >= 15 is 0 Å². The van der Waals surface area contributed by atoms with Gasteiger partial charge in [0.05, 0.1) is 12.3 Å². The van der Waals surface area contributed by atoms with Gasteiger partial charge < -0.3 is 15.2 Å². The minimum absolute atomic E-state index is 0.174. The maximum absolute atomic E-state index is 11.9. The number of ether oxygens (including phenoxy) is 2. The van der Waals surface area contributed by atoms with Gasteiger partial charge in [-0.05, 0) is 43.7 Å². The number of esters is 1. The highest BCUT2D eigenvalue weighted by Gasteiger charge is 2.17. The number of carbonyl (C=O) groups excluding carboxylic acids is 1. The summed E-state index contributed by atoms with van der Waals surface area (Å²) in [6, 6.07) is 6.86. The average molecular weight is 351 g/mol. The molecule has 1 aromatic heterocycles. The zero-order valence-corrected chi connectivity index (χ0v) is 13.3. The van der Waals surface area contributed by atoms with Crippen molar-refractivity contribution in [2.75, 3.05) is 12.3 Å². The van der Waals surface area contributed by atoms with Crippen molar-refractivity contribution >= 4 is 27.6 Å². The van der Waals surface area contributed by atoms with E-state index in [1.807, 2.05) is 13.0 Å². The van der Waals surface area contributed by atoms with Crippen molar-refractivity contribution in [3.8, 4) is 11.6 Å². The van der Waals surface area contributed by atoms with Gasteiger partial charge in [-0.15, -0.1) is 0 Å². The molecule has 0 bridgehead atoms. The van der Waals surface area contributed by atoms with E-state index in [-0.39, 0.29) is 18.1 Å². The molecule has 0 amide bonds. The summed E-state index contributed by atoms with van der Waals surface area (Å²) in [5.74, 6) is 0.171. The number of nitrogens with zero attached hydrogens (tertiary/aromatic N) is 1. The first kappa shape index (κ1) is 15.3. The van der Waals surface area contributed by atoms with E-state index in [0.29, 0.717) is 11.4 Å². The molecule has 0 saturated heterocycles. The van der Waals surface area contributed by atoms with Gasteiger partial charge in [-0.25, -0.2) is 9.78 Å². The molecule has 0 aliphatic heterocycles. The van der Waals surface area contributed by atoms with Crippen LogP contribution in [0, 0.1) is 6.92 Å². The second kappa shape index (κ2) is 6.58. The Morgan fingerprint density at radius 3 is 2.86 bits per heavy atom. The maximum Gasteiger partial charge on any atom is 0.343 e. The van der Waals surface area contributed by atoms with Crippen LogP contribution in [0.25, 0.3) is 0 Å². The topological polar surface area (TPSA) is 74.4 Å². The number of aryl methyl sites for hydroxylation is 1. The summed E-state index contributed by atoms with van der Waals surface area (Å²) >= 11 is 3.37. The minimum atomic E-state index is -0.478. The van der Waals surface area contributed by atoms with E-state index in [1.54, 1.807) is 31.3 Å². The Bertz CT molecular complexity index is 651. The van der Waals surface area contributed by atoms with E-state index in [4.69, 9.17) is 15.2 Å². The summed E-state index contributed by atoms with van der Waals surface area (Å²) in [5, 5.41) is 0. The number of halogens is 1. The molecule has 110 valence electrons. The van der Waals surface area contributed by atoms with E-state index in [1.165, 1.54) is 0 Å². The van der Waals surface area contributed by atoms with Crippen molar-refractivity contribution in [2.45, 2.75) is 13.8 Å². The number of benzene rings is 1. The first-order valence-corrected chi connectivity index (χ1v) is 7.17. The lowest BCUT2D eigenvalue weighted by Gasteiger charge is -2.13. The fourth-order valence-corrected chi connectivity index (χ4v) is 2.42. The van der Waals surface area contributed by atoms with Crippen LogP contribution < -0.4 is 10.5 Å². The van der Waals surface area contributed by atoms with Gasteiger partial charge in [0.15, 0.2) is 5.75 Å². The van der Waals surface area contributed by atoms with Crippen molar-refractivity contribution < 1.29 is 14.3 Å². The number of nitrogen functional groups attached to an aromatic ring is 1. The summed E-state index contributed by atoms with van der Waals surface area (Å²) in [6.45, 7) is 3.89. The van der Waals surface area contributed by atoms with Gasteiger partial charge in [0.2, 0.25) is 5.88 Å². The highest BCUT2D eigenvalue weighted by Crippen LogP contribution is 2.34. The largest absolute Gasteiger partial charge is 0.462 e. The van der Waals surface area contributed by atoms with Crippen LogP contribution in [0.15, 0.2) is 34.9 Å². The van der Waals surface area contributed by atoms with Crippen LogP contribution in [0.4, 0.5) is 5.69 Å². The van der Waals surface area contributed by atoms with Crippen molar-refractivity contribution in [1.82, 2.24) is 4.98 Å². The molecule has 0 aliphatic carbocycles. The van der Waals surface area contributed by atoms with Crippen LogP contribution >= 0.6 is 15.9 Å². The number of carbonyl (C=O) groups is 1. The predicted octanol–water partition coefficient (Wildman–Crippen LogP) is 3.70. The van der Waals surface area contributed by atoms with Crippen molar-refractivity contribution in [3.63, 3.8) is 0 Å². The van der Waals surface area contributed by atoms with Crippen molar-refractivity contribution in [2.24, 2.45) is 0 Å². The Morgan fingerprint density at radius 2 is 2.19 bits per heavy atom. The summed E-state index contributed by atoms with van der Waals surface area (Å²) in [5.41, 5.74) is 7.52. The Kier molecular flexibility index (Phi) is 4.80. The molecular weight excluding hydrogens is 336 g/mol. The minimum Gasteiger partial charge on any atom is -0.462 e. The molecule has 1 aromatic carbocycles. The summed E-state index contributed by atoms with van der Waals surface area (Å²) in [4.78, 5) is 16.0. The lowest BCUT2D eigenvalue weighted by atomic mass is 10.2. The molecule has 0 spiro atoms. The number of rotatable bonds is 4. The zero-order valence-electron chi connectivity index (χ0n) is 11.7. The third-order valence-electron chi connectivity index (χ3n) is 2.73. The molecule has 5 nitrogen and oxygen atoms in total. The van der Waals surface area contributed by atoms with Crippen LogP contribution in [-0.4, -0.2) is 17.6 Å². The molecule has 6 heteroatoms. The molecule has 2 N–H and O–H groups in total. The Labute approximate surface area is 131 Å². The van der Waals surface area contributed by atoms with Crippen molar-refractivity contribution in [1.29, 1.82) is 0 Å². The molecule has 2 rings (SSSR count). The molecule has 0 saturated carbocycles. The molecular formula is C15H15BrN2O3. The lowest BCUT2D eigenvalue weighted by Crippen LogP contribution is -2.08. The number of anilines is 1. The Hall–Kier alpha value is -2.08. The third kappa shape index (κ3) is 3.52. The molecule has 2 aromatic rings. The standard InChI is InChI=1S/C15H15BrN2O3/c1-3-20-15(19)11-5-4-6-18-14(11)21-13-9(2)7-10(16)8-12(13)17/h4-8H,3,17H2,1-2H3. The van der Waals surface area contributed by atoms with E-state index in [9.17, 15) is 4.79 Å². The van der Waals surface area contributed by atoms with Gasteiger partial charge in [-0.3, -0.25) is 0 Å². The van der Waals surface area contributed by atoms with Gasteiger partial charge in [0.25, 0.3) is 0 Å². The van der Waals surface area contributed by atoms with Crippen LogP contribution in [0.3, 0.4) is 0 Å². The first-order chi connectivity index (χ1) is 10.0. The number of hydrogen-bond donors (Lipinski definition) is 1. The number of pyridine rings is 1. The summed E-state index contributed by atoms with van der Waals surface area (Å²) < 4.78 is 11.6. The van der Waals surface area contributed by atoms with Crippen LogP contribution in [0.1, 0.15) is 22.8 Å². The van der Waals surface area contributed by atoms with E-state index < -0.39 is 5.97 Å². The highest BCUT2D eigenvalue weighted by atomic mass is 79.9. The number of aromatic nitrogens is 1. The summed E-state index contributed by atoms with van der Waals surface area (Å²) in [6.07, 6.45) is 1.54. The van der Waals surface area contributed by atoms with Gasteiger partial charge in [0.1, 0.15) is 5.56 Å². The normalized spacial score (nSPS) is 10.2.